The lowest BCUT2D eigenvalue weighted by Crippen LogP contribution is -2.60. The van der Waals surface area contributed by atoms with Crippen LogP contribution in [0.3, 0.4) is 0 Å². The molecule has 0 aromatic heterocycles. The van der Waals surface area contributed by atoms with Crippen molar-refractivity contribution in [3.8, 4) is 0 Å². The van der Waals surface area contributed by atoms with Crippen LogP contribution in [0, 0.1) is 0 Å². The number of aliphatic hydroxyl groups is 3. The van der Waals surface area contributed by atoms with Gasteiger partial charge in [0, 0.05) is 12.8 Å². The van der Waals surface area contributed by atoms with Gasteiger partial charge in [-0.3, -0.25) is 14.1 Å². The molecule has 1 aliphatic heterocycles. The molecule has 2 unspecified atom stereocenters. The van der Waals surface area contributed by atoms with Crippen LogP contribution in [0.4, 0.5) is 0 Å². The highest BCUT2D eigenvalue weighted by Gasteiger charge is 2.46. The van der Waals surface area contributed by atoms with E-state index in [0.29, 0.717) is 12.8 Å². The SMILES string of the molecule is CCCCCCCC/C=C/CCCCCCCCCCCCCC(=O)O[C@H](COC(=O)CCCCCCCCCCCCCCCC)CO[C@H]1O[C@H](CS(=O)(=O)O)[C@@H](O)C(O)C1O. The summed E-state index contributed by atoms with van der Waals surface area (Å²) in [6, 6.07) is 0. The van der Waals surface area contributed by atoms with Crippen LogP contribution >= 0.6 is 0 Å². The van der Waals surface area contributed by atoms with Gasteiger partial charge in [-0.15, -0.1) is 0 Å². The number of aliphatic hydroxyl groups excluding tert-OH is 3. The first-order chi connectivity index (χ1) is 30.5. The monoisotopic (exact) mass is 919 g/mol. The fourth-order valence-corrected chi connectivity index (χ4v) is 8.78. The molecular formula is C50H94O12S. The maximum absolute atomic E-state index is 12.9. The Hall–Kier alpha value is -1.61. The molecule has 0 aromatic carbocycles. The third kappa shape index (κ3) is 35.3. The van der Waals surface area contributed by atoms with Crippen LogP contribution < -0.4 is 0 Å². The number of esters is 2. The smallest absolute Gasteiger partial charge is 0.306 e. The number of allylic oxidation sites excluding steroid dienone is 2. The first-order valence-corrected chi connectivity index (χ1v) is 27.4. The number of hydrogen-bond donors (Lipinski definition) is 4. The van der Waals surface area contributed by atoms with E-state index in [4.69, 9.17) is 18.9 Å². The third-order valence-corrected chi connectivity index (χ3v) is 12.8. The topological polar surface area (TPSA) is 186 Å². The van der Waals surface area contributed by atoms with E-state index < -0.39 is 71.2 Å². The van der Waals surface area contributed by atoms with Crippen LogP contribution in [0.2, 0.25) is 0 Å². The van der Waals surface area contributed by atoms with Gasteiger partial charge in [0.1, 0.15) is 36.8 Å². The van der Waals surface area contributed by atoms with Gasteiger partial charge in [0.05, 0.1) is 6.61 Å². The standard InChI is InChI=1S/C50H94O12S/c1-3-5-7-9-11-13-15-17-19-20-21-22-23-24-25-27-29-31-33-35-37-39-46(52)61-43(41-60-50-49(55)48(54)47(53)44(62-50)42-63(56,57)58)40-59-45(51)38-36-34-32-30-28-26-18-16-14-12-10-8-6-4-2/h17,19,43-44,47-50,53-55H,3-16,18,20-42H2,1-2H3,(H,56,57,58)/b19-17+/t43-,44-,47-,48?,49?,50+/m1/s1. The molecule has 12 nitrogen and oxygen atoms in total. The Bertz CT molecular complexity index is 1210. The minimum absolute atomic E-state index is 0.168. The van der Waals surface area contributed by atoms with Crippen LogP contribution in [0.1, 0.15) is 239 Å². The Kier molecular flexibility index (Phi) is 38.3. The third-order valence-electron chi connectivity index (χ3n) is 12.1. The molecule has 1 saturated heterocycles. The molecule has 4 N–H and O–H groups in total. The van der Waals surface area contributed by atoms with Gasteiger partial charge in [-0.1, -0.05) is 199 Å². The van der Waals surface area contributed by atoms with Gasteiger partial charge in [0.25, 0.3) is 10.1 Å². The zero-order valence-electron chi connectivity index (χ0n) is 40.0. The number of unbranched alkanes of at least 4 members (excludes halogenated alkanes) is 30. The van der Waals surface area contributed by atoms with Crippen molar-refractivity contribution in [1.29, 1.82) is 0 Å². The summed E-state index contributed by atoms with van der Waals surface area (Å²) in [6.45, 7) is 3.79. The van der Waals surface area contributed by atoms with Crippen LogP contribution in [-0.4, -0.2) is 96.0 Å². The Morgan fingerprint density at radius 2 is 0.905 bits per heavy atom. The molecule has 0 amide bonds. The normalized spacial score (nSPS) is 19.7. The quantitative estimate of drug-likeness (QED) is 0.0196. The van der Waals surface area contributed by atoms with Gasteiger partial charge < -0.3 is 34.3 Å². The highest BCUT2D eigenvalue weighted by atomic mass is 32.2. The lowest BCUT2D eigenvalue weighted by atomic mass is 10.00. The molecule has 0 aliphatic carbocycles. The molecule has 1 aliphatic rings. The Morgan fingerprint density at radius 1 is 0.524 bits per heavy atom. The van der Waals surface area contributed by atoms with E-state index in [1.165, 1.54) is 161 Å². The van der Waals surface area contributed by atoms with Crippen molar-refractivity contribution in [2.45, 2.75) is 275 Å². The van der Waals surface area contributed by atoms with Crippen LogP contribution in [0.25, 0.3) is 0 Å². The molecule has 0 saturated carbocycles. The summed E-state index contributed by atoms with van der Waals surface area (Å²) < 4.78 is 54.2. The van der Waals surface area contributed by atoms with E-state index in [0.717, 1.165) is 38.5 Å². The van der Waals surface area contributed by atoms with Gasteiger partial charge in [-0.25, -0.2) is 0 Å². The lowest BCUT2D eigenvalue weighted by Gasteiger charge is -2.40. The van der Waals surface area contributed by atoms with Crippen molar-refractivity contribution in [3.05, 3.63) is 12.2 Å². The van der Waals surface area contributed by atoms with E-state index in [1.54, 1.807) is 0 Å². The second-order valence-corrected chi connectivity index (χ2v) is 19.7. The van der Waals surface area contributed by atoms with Crippen molar-refractivity contribution in [2.75, 3.05) is 19.0 Å². The van der Waals surface area contributed by atoms with Gasteiger partial charge in [0.15, 0.2) is 12.4 Å². The van der Waals surface area contributed by atoms with Gasteiger partial charge in [-0.2, -0.15) is 8.42 Å². The average Bonchev–Trinajstić information content (AvgIpc) is 3.25. The van der Waals surface area contributed by atoms with Gasteiger partial charge >= 0.3 is 11.9 Å². The first kappa shape index (κ1) is 59.4. The molecule has 372 valence electrons. The second-order valence-electron chi connectivity index (χ2n) is 18.2. The number of carbonyl (C=O) groups is 2. The molecule has 6 atom stereocenters. The summed E-state index contributed by atoms with van der Waals surface area (Å²) in [4.78, 5) is 25.5. The Morgan fingerprint density at radius 3 is 1.32 bits per heavy atom. The number of hydrogen-bond acceptors (Lipinski definition) is 11. The van der Waals surface area contributed by atoms with Crippen LogP contribution in [0.15, 0.2) is 12.2 Å². The zero-order valence-corrected chi connectivity index (χ0v) is 40.8. The van der Waals surface area contributed by atoms with Crippen LogP contribution in [0.5, 0.6) is 0 Å². The minimum atomic E-state index is -4.60. The van der Waals surface area contributed by atoms with Gasteiger partial charge in [-0.05, 0) is 38.5 Å². The van der Waals surface area contributed by atoms with Crippen molar-refractivity contribution < 1.29 is 56.8 Å². The minimum Gasteiger partial charge on any atom is -0.462 e. The molecule has 1 fully saturated rings. The van der Waals surface area contributed by atoms with E-state index in [-0.39, 0.29) is 19.4 Å². The zero-order chi connectivity index (χ0) is 46.2. The van der Waals surface area contributed by atoms with Crippen molar-refractivity contribution in [1.82, 2.24) is 0 Å². The molecule has 13 heteroatoms. The fourth-order valence-electron chi connectivity index (χ4n) is 8.09. The van der Waals surface area contributed by atoms with E-state index in [9.17, 15) is 37.9 Å². The molecule has 0 spiro atoms. The highest BCUT2D eigenvalue weighted by molar-refractivity contribution is 7.85. The number of carbonyl (C=O) groups excluding carboxylic acids is 2. The van der Waals surface area contributed by atoms with Crippen molar-refractivity contribution in [3.63, 3.8) is 0 Å². The average molecular weight is 919 g/mol. The van der Waals surface area contributed by atoms with Crippen molar-refractivity contribution in [2.24, 2.45) is 0 Å². The molecule has 1 heterocycles. The Balaban J connectivity index is 2.35. The number of ether oxygens (including phenoxy) is 4. The fraction of sp³-hybridized carbons (Fsp3) is 0.920. The molecule has 0 aromatic rings. The van der Waals surface area contributed by atoms with E-state index in [1.807, 2.05) is 0 Å². The van der Waals surface area contributed by atoms with E-state index in [2.05, 4.69) is 26.0 Å². The summed E-state index contributed by atoms with van der Waals surface area (Å²) in [7, 11) is -4.60. The maximum atomic E-state index is 12.9. The molecule has 0 bridgehead atoms. The van der Waals surface area contributed by atoms with Crippen molar-refractivity contribution >= 4 is 22.1 Å². The van der Waals surface area contributed by atoms with Gasteiger partial charge in [0.2, 0.25) is 0 Å². The lowest BCUT2D eigenvalue weighted by molar-refractivity contribution is -0.297. The Labute approximate surface area is 384 Å². The second kappa shape index (κ2) is 40.6. The summed E-state index contributed by atoms with van der Waals surface area (Å²) in [5, 5.41) is 31.0. The molecule has 63 heavy (non-hydrogen) atoms. The highest BCUT2D eigenvalue weighted by Crippen LogP contribution is 2.24. The van der Waals surface area contributed by atoms with Crippen LogP contribution in [-0.2, 0) is 38.7 Å². The summed E-state index contributed by atoms with van der Waals surface area (Å²) in [5.74, 6) is -1.97. The summed E-state index contributed by atoms with van der Waals surface area (Å²) in [6.07, 6.45) is 35.4. The summed E-state index contributed by atoms with van der Waals surface area (Å²) in [5.41, 5.74) is 0. The maximum Gasteiger partial charge on any atom is 0.306 e. The predicted molar refractivity (Wildman–Crippen MR) is 252 cm³/mol. The largest absolute Gasteiger partial charge is 0.462 e. The predicted octanol–water partition coefficient (Wildman–Crippen LogP) is 11.4. The molecular weight excluding hydrogens is 825 g/mol. The first-order valence-electron chi connectivity index (χ1n) is 25.7. The van der Waals surface area contributed by atoms with E-state index >= 15 is 0 Å². The summed E-state index contributed by atoms with van der Waals surface area (Å²) >= 11 is 0. The number of rotatable bonds is 44. The molecule has 1 rings (SSSR count). The molecule has 0 radical (unpaired) electrons.